The molecule has 0 aliphatic heterocycles. The Hall–Kier alpha value is -2.03. The fourth-order valence-electron chi connectivity index (χ4n) is 1.37. The normalized spacial score (nSPS) is 10.0. The van der Waals surface area contributed by atoms with Crippen molar-refractivity contribution in [2.75, 3.05) is 6.61 Å². The Labute approximate surface area is 99.6 Å². The van der Waals surface area contributed by atoms with Crippen molar-refractivity contribution < 1.29 is 13.9 Å². The highest BCUT2D eigenvalue weighted by Crippen LogP contribution is 2.25. The molecule has 0 atom stereocenters. The van der Waals surface area contributed by atoms with E-state index in [1.54, 1.807) is 24.3 Å². The van der Waals surface area contributed by atoms with Crippen molar-refractivity contribution in [3.63, 3.8) is 0 Å². The second kappa shape index (κ2) is 5.34. The molecule has 2 aromatic carbocycles. The number of rotatable bonds is 4. The van der Waals surface area contributed by atoms with Crippen molar-refractivity contribution in [3.05, 3.63) is 54.3 Å². The van der Waals surface area contributed by atoms with Crippen LogP contribution in [0.25, 0.3) is 0 Å². The molecule has 0 spiro atoms. The van der Waals surface area contributed by atoms with Crippen molar-refractivity contribution in [1.29, 1.82) is 0 Å². The lowest BCUT2D eigenvalue weighted by molar-refractivity contribution is 0.339. The summed E-state index contributed by atoms with van der Waals surface area (Å²) < 4.78 is 24.0. The minimum absolute atomic E-state index is 0.164. The fraction of sp³-hybridized carbons (Fsp3) is 0.143. The molecule has 1 radical (unpaired) electrons. The van der Waals surface area contributed by atoms with E-state index in [1.807, 2.05) is 6.92 Å². The van der Waals surface area contributed by atoms with Gasteiger partial charge in [-0.25, -0.2) is 4.39 Å². The van der Waals surface area contributed by atoms with Crippen molar-refractivity contribution in [3.8, 4) is 17.2 Å². The lowest BCUT2D eigenvalue weighted by atomic mass is 10.3. The maximum Gasteiger partial charge on any atom is 0.165 e. The predicted octanol–water partition coefficient (Wildman–Crippen LogP) is 3.82. The van der Waals surface area contributed by atoms with Gasteiger partial charge in [-0.2, -0.15) is 0 Å². The minimum Gasteiger partial charge on any atom is -0.494 e. The second-order valence-electron chi connectivity index (χ2n) is 3.36. The molecule has 2 aromatic rings. The third-order valence-electron chi connectivity index (χ3n) is 2.14. The van der Waals surface area contributed by atoms with E-state index in [0.29, 0.717) is 12.4 Å². The van der Waals surface area contributed by atoms with Crippen LogP contribution in [0.1, 0.15) is 6.92 Å². The van der Waals surface area contributed by atoms with Gasteiger partial charge in [0.15, 0.2) is 11.6 Å². The highest BCUT2D eigenvalue weighted by Gasteiger charge is 2.03. The van der Waals surface area contributed by atoms with Gasteiger partial charge in [0, 0.05) is 0 Å². The summed E-state index contributed by atoms with van der Waals surface area (Å²) in [6, 6.07) is 14.1. The van der Waals surface area contributed by atoms with Crippen molar-refractivity contribution in [1.82, 2.24) is 0 Å². The molecule has 87 valence electrons. The van der Waals surface area contributed by atoms with Gasteiger partial charge >= 0.3 is 0 Å². The Morgan fingerprint density at radius 3 is 2.47 bits per heavy atom. The molecule has 0 aliphatic carbocycles. The average Bonchev–Trinajstić information content (AvgIpc) is 2.35. The zero-order valence-electron chi connectivity index (χ0n) is 9.44. The maximum atomic E-state index is 13.3. The van der Waals surface area contributed by atoms with Crippen LogP contribution in [0, 0.1) is 11.9 Å². The first-order valence-electron chi connectivity index (χ1n) is 5.36. The summed E-state index contributed by atoms with van der Waals surface area (Å²) in [5.74, 6) is 1.08. The maximum absolute atomic E-state index is 13.3. The molecule has 0 aromatic heterocycles. The summed E-state index contributed by atoms with van der Waals surface area (Å²) in [6.07, 6.45) is 0. The quantitative estimate of drug-likeness (QED) is 0.796. The zero-order chi connectivity index (χ0) is 12.1. The Morgan fingerprint density at radius 2 is 1.82 bits per heavy atom. The molecule has 0 heterocycles. The van der Waals surface area contributed by atoms with E-state index in [4.69, 9.17) is 9.47 Å². The Morgan fingerprint density at radius 1 is 1.12 bits per heavy atom. The number of hydrogen-bond acceptors (Lipinski definition) is 2. The van der Waals surface area contributed by atoms with Gasteiger partial charge in [-0.15, -0.1) is 0 Å². The first-order chi connectivity index (χ1) is 8.29. The minimum atomic E-state index is -0.405. The number of ether oxygens (including phenoxy) is 2. The number of halogens is 1. The van der Waals surface area contributed by atoms with E-state index < -0.39 is 5.82 Å². The van der Waals surface area contributed by atoms with Gasteiger partial charge in [0.25, 0.3) is 0 Å². The van der Waals surface area contributed by atoms with Crippen LogP contribution >= 0.6 is 0 Å². The molecular formula is C14H12FO2. The summed E-state index contributed by atoms with van der Waals surface area (Å²) in [6.45, 7) is 2.53. The third kappa shape index (κ3) is 2.97. The van der Waals surface area contributed by atoms with E-state index in [2.05, 4.69) is 6.07 Å². The third-order valence-corrected chi connectivity index (χ3v) is 2.14. The van der Waals surface area contributed by atoms with Gasteiger partial charge in [-0.1, -0.05) is 6.07 Å². The molecule has 2 nitrogen and oxygen atoms in total. The van der Waals surface area contributed by atoms with Crippen LogP contribution in [0.15, 0.2) is 42.5 Å². The summed E-state index contributed by atoms with van der Waals surface area (Å²) in [7, 11) is 0. The monoisotopic (exact) mass is 231 g/mol. The molecule has 0 amide bonds. The molecule has 0 fully saturated rings. The zero-order valence-corrected chi connectivity index (χ0v) is 9.44. The van der Waals surface area contributed by atoms with E-state index in [9.17, 15) is 4.39 Å². The van der Waals surface area contributed by atoms with Gasteiger partial charge in [0.2, 0.25) is 0 Å². The van der Waals surface area contributed by atoms with Gasteiger partial charge in [0.05, 0.1) is 6.61 Å². The molecular weight excluding hydrogens is 219 g/mol. The SMILES string of the molecule is CCOc1ccc(Oc2c[c]ccc2F)cc1. The lowest BCUT2D eigenvalue weighted by Crippen LogP contribution is -1.91. The van der Waals surface area contributed by atoms with Crippen molar-refractivity contribution >= 4 is 0 Å². The average molecular weight is 231 g/mol. The van der Waals surface area contributed by atoms with Crippen molar-refractivity contribution in [2.24, 2.45) is 0 Å². The van der Waals surface area contributed by atoms with Crippen LogP contribution in [0.2, 0.25) is 0 Å². The van der Waals surface area contributed by atoms with E-state index >= 15 is 0 Å². The van der Waals surface area contributed by atoms with Crippen LogP contribution in [-0.2, 0) is 0 Å². The predicted molar refractivity (Wildman–Crippen MR) is 62.9 cm³/mol. The van der Waals surface area contributed by atoms with Crippen LogP contribution in [0.5, 0.6) is 17.2 Å². The second-order valence-corrected chi connectivity index (χ2v) is 3.36. The molecule has 0 saturated carbocycles. The smallest absolute Gasteiger partial charge is 0.165 e. The summed E-state index contributed by atoms with van der Waals surface area (Å²) in [5.41, 5.74) is 0. The Balaban J connectivity index is 2.11. The lowest BCUT2D eigenvalue weighted by Gasteiger charge is -2.07. The molecule has 0 bridgehead atoms. The summed E-state index contributed by atoms with van der Waals surface area (Å²) >= 11 is 0. The first kappa shape index (κ1) is 11.5. The molecule has 2 rings (SSSR count). The largest absolute Gasteiger partial charge is 0.494 e. The Bertz CT molecular complexity index is 480. The Kier molecular flexibility index (Phi) is 3.60. The molecule has 3 heteroatoms. The highest BCUT2D eigenvalue weighted by molar-refractivity contribution is 5.35. The molecule has 0 saturated heterocycles. The summed E-state index contributed by atoms with van der Waals surface area (Å²) in [4.78, 5) is 0. The van der Waals surface area contributed by atoms with Crippen LogP contribution < -0.4 is 9.47 Å². The van der Waals surface area contributed by atoms with E-state index in [0.717, 1.165) is 5.75 Å². The molecule has 0 unspecified atom stereocenters. The fourth-order valence-corrected chi connectivity index (χ4v) is 1.37. The molecule has 0 N–H and O–H groups in total. The number of hydrogen-bond donors (Lipinski definition) is 0. The van der Waals surface area contributed by atoms with Crippen LogP contribution in [0.3, 0.4) is 0 Å². The van der Waals surface area contributed by atoms with Crippen LogP contribution in [0.4, 0.5) is 4.39 Å². The van der Waals surface area contributed by atoms with Gasteiger partial charge in [-0.05, 0) is 49.4 Å². The number of benzene rings is 2. The van der Waals surface area contributed by atoms with Crippen molar-refractivity contribution in [2.45, 2.75) is 6.92 Å². The highest BCUT2D eigenvalue weighted by atomic mass is 19.1. The topological polar surface area (TPSA) is 18.5 Å². The first-order valence-corrected chi connectivity index (χ1v) is 5.36. The summed E-state index contributed by atoms with van der Waals surface area (Å²) in [5, 5.41) is 0. The van der Waals surface area contributed by atoms with E-state index in [1.165, 1.54) is 18.2 Å². The van der Waals surface area contributed by atoms with Gasteiger partial charge in [0.1, 0.15) is 11.5 Å². The molecule has 0 aliphatic rings. The van der Waals surface area contributed by atoms with Crippen LogP contribution in [-0.4, -0.2) is 6.61 Å². The van der Waals surface area contributed by atoms with Gasteiger partial charge < -0.3 is 9.47 Å². The molecule has 17 heavy (non-hydrogen) atoms. The van der Waals surface area contributed by atoms with Gasteiger partial charge in [-0.3, -0.25) is 0 Å². The standard InChI is InChI=1S/C14H12FO2/c1-2-16-11-7-9-12(10-8-11)17-14-6-4-3-5-13(14)15/h3,5-10H,2H2,1H3. The van der Waals surface area contributed by atoms with E-state index in [-0.39, 0.29) is 5.75 Å².